The van der Waals surface area contributed by atoms with Crippen molar-refractivity contribution >= 4 is 47.2 Å². The van der Waals surface area contributed by atoms with Crippen LogP contribution < -0.4 is 0 Å². The van der Waals surface area contributed by atoms with Gasteiger partial charge < -0.3 is 0 Å². The number of hydrogen-bond acceptors (Lipinski definition) is 3. The monoisotopic (exact) mass is 304 g/mol. The van der Waals surface area contributed by atoms with Gasteiger partial charge in [-0.3, -0.25) is 0 Å². The number of sulfone groups is 1. The molecular weight excluding hydrogens is 296 g/mol. The van der Waals surface area contributed by atoms with Gasteiger partial charge in [0.25, 0.3) is 0 Å². The number of thiophene rings is 1. The Labute approximate surface area is 101 Å². The van der Waals surface area contributed by atoms with E-state index in [0.29, 0.717) is 0 Å². The Morgan fingerprint density at radius 2 is 2.13 bits per heavy atom. The lowest BCUT2D eigenvalue weighted by Gasteiger charge is -1.97. The van der Waals surface area contributed by atoms with Gasteiger partial charge in [0, 0.05) is 15.4 Å². The fraction of sp³-hybridized carbons (Fsp3) is 0.200. The Bertz CT molecular complexity index is 599. The third kappa shape index (κ3) is 2.41. The van der Waals surface area contributed by atoms with Gasteiger partial charge in [-0.05, 0) is 38.3 Å². The van der Waals surface area contributed by atoms with E-state index in [1.807, 2.05) is 23.6 Å². The van der Waals surface area contributed by atoms with Crippen LogP contribution in [0.15, 0.2) is 28.1 Å². The number of halogens is 1. The minimum atomic E-state index is -2.96. The van der Waals surface area contributed by atoms with Gasteiger partial charge in [-0.2, -0.15) is 0 Å². The average Bonchev–Trinajstić information content (AvgIpc) is 2.48. The van der Waals surface area contributed by atoms with Crippen LogP contribution in [0.4, 0.5) is 0 Å². The first-order chi connectivity index (χ1) is 6.97. The zero-order valence-electron chi connectivity index (χ0n) is 8.03. The largest absolute Gasteiger partial charge is 0.229 e. The number of benzene rings is 1. The van der Waals surface area contributed by atoms with Crippen molar-refractivity contribution in [1.82, 2.24) is 0 Å². The highest BCUT2D eigenvalue weighted by Crippen LogP contribution is 2.32. The summed E-state index contributed by atoms with van der Waals surface area (Å²) in [4.78, 5) is 0. The summed E-state index contributed by atoms with van der Waals surface area (Å²) in [7, 11) is -2.96. The Kier molecular flexibility index (Phi) is 2.87. The molecule has 2 rings (SSSR count). The molecule has 2 aromatic rings. The predicted octanol–water partition coefficient (Wildman–Crippen LogP) is 3.21. The summed E-state index contributed by atoms with van der Waals surface area (Å²) in [6.45, 7) is 0. The molecule has 5 heteroatoms. The second-order valence-corrected chi connectivity index (χ2v) is 7.32. The Hall–Kier alpha value is -0.390. The van der Waals surface area contributed by atoms with Gasteiger partial charge in [-0.1, -0.05) is 12.1 Å². The Balaban J connectivity index is 2.60. The van der Waals surface area contributed by atoms with E-state index in [0.717, 1.165) is 20.1 Å². The molecule has 0 bridgehead atoms. The zero-order chi connectivity index (χ0) is 11.1. The van der Waals surface area contributed by atoms with Crippen molar-refractivity contribution in [2.24, 2.45) is 0 Å². The number of hydrogen-bond donors (Lipinski definition) is 0. The Morgan fingerprint density at radius 1 is 1.40 bits per heavy atom. The summed E-state index contributed by atoms with van der Waals surface area (Å²) in [5, 5.41) is 2.94. The van der Waals surface area contributed by atoms with E-state index in [1.54, 1.807) is 11.3 Å². The first kappa shape index (κ1) is 11.1. The van der Waals surface area contributed by atoms with Crippen molar-refractivity contribution in [2.45, 2.75) is 5.75 Å². The lowest BCUT2D eigenvalue weighted by atomic mass is 10.2. The number of fused-ring (bicyclic) bond motifs is 1. The third-order valence-corrected chi connectivity index (χ3v) is 4.89. The summed E-state index contributed by atoms with van der Waals surface area (Å²) >= 11 is 5.02. The van der Waals surface area contributed by atoms with Crippen LogP contribution >= 0.6 is 27.3 Å². The van der Waals surface area contributed by atoms with Crippen molar-refractivity contribution in [1.29, 1.82) is 0 Å². The summed E-state index contributed by atoms with van der Waals surface area (Å²) in [6, 6.07) is 5.84. The standard InChI is InChI=1S/C10H9BrO2S2/c1-15(12,13)6-7-5-14-10-8(7)3-2-4-9(10)11/h2-5H,6H2,1H3. The van der Waals surface area contributed by atoms with Gasteiger partial charge in [0.1, 0.15) is 0 Å². The van der Waals surface area contributed by atoms with Crippen LogP contribution in [0.2, 0.25) is 0 Å². The summed E-state index contributed by atoms with van der Waals surface area (Å²) in [6.07, 6.45) is 1.26. The molecule has 15 heavy (non-hydrogen) atoms. The maximum Gasteiger partial charge on any atom is 0.151 e. The van der Waals surface area contributed by atoms with Gasteiger partial charge >= 0.3 is 0 Å². The van der Waals surface area contributed by atoms with E-state index < -0.39 is 9.84 Å². The van der Waals surface area contributed by atoms with Crippen molar-refractivity contribution in [2.75, 3.05) is 6.26 Å². The molecule has 1 aromatic heterocycles. The van der Waals surface area contributed by atoms with Gasteiger partial charge in [-0.15, -0.1) is 11.3 Å². The molecule has 0 aliphatic heterocycles. The molecule has 0 aliphatic rings. The molecule has 80 valence electrons. The fourth-order valence-electron chi connectivity index (χ4n) is 1.47. The zero-order valence-corrected chi connectivity index (χ0v) is 11.2. The maximum absolute atomic E-state index is 11.2. The van der Waals surface area contributed by atoms with Crippen molar-refractivity contribution in [3.63, 3.8) is 0 Å². The van der Waals surface area contributed by atoms with Crippen LogP contribution in [0.3, 0.4) is 0 Å². The fourth-order valence-corrected chi connectivity index (χ4v) is 4.00. The second kappa shape index (κ2) is 3.88. The van der Waals surface area contributed by atoms with Crippen LogP contribution in [0.25, 0.3) is 10.1 Å². The molecule has 0 fully saturated rings. The van der Waals surface area contributed by atoms with Gasteiger partial charge in [-0.25, -0.2) is 8.42 Å². The van der Waals surface area contributed by atoms with Crippen LogP contribution in [0, 0.1) is 0 Å². The number of rotatable bonds is 2. The molecule has 0 unspecified atom stereocenters. The average molecular weight is 305 g/mol. The van der Waals surface area contributed by atoms with E-state index in [4.69, 9.17) is 0 Å². The van der Waals surface area contributed by atoms with Crippen molar-refractivity contribution in [3.05, 3.63) is 33.6 Å². The van der Waals surface area contributed by atoms with Gasteiger partial charge in [0.15, 0.2) is 9.84 Å². The minimum absolute atomic E-state index is 0.115. The van der Waals surface area contributed by atoms with Crippen molar-refractivity contribution in [3.8, 4) is 0 Å². The van der Waals surface area contributed by atoms with E-state index in [2.05, 4.69) is 15.9 Å². The second-order valence-electron chi connectivity index (χ2n) is 3.45. The molecule has 0 spiro atoms. The molecule has 0 saturated carbocycles. The molecule has 0 atom stereocenters. The van der Waals surface area contributed by atoms with Crippen LogP contribution in [-0.2, 0) is 15.6 Å². The smallest absolute Gasteiger partial charge is 0.151 e. The molecule has 0 aliphatic carbocycles. The highest BCUT2D eigenvalue weighted by atomic mass is 79.9. The maximum atomic E-state index is 11.2. The molecule has 1 heterocycles. The van der Waals surface area contributed by atoms with E-state index >= 15 is 0 Å². The van der Waals surface area contributed by atoms with Crippen molar-refractivity contribution < 1.29 is 8.42 Å². The van der Waals surface area contributed by atoms with E-state index in [-0.39, 0.29) is 5.75 Å². The highest BCUT2D eigenvalue weighted by molar-refractivity contribution is 9.10. The van der Waals surface area contributed by atoms with Crippen LogP contribution in [0.5, 0.6) is 0 Å². The lowest BCUT2D eigenvalue weighted by molar-refractivity contribution is 0.601. The lowest BCUT2D eigenvalue weighted by Crippen LogP contribution is -1.99. The SMILES string of the molecule is CS(=O)(=O)Cc1csc2c(Br)cccc12. The molecule has 2 nitrogen and oxygen atoms in total. The summed E-state index contributed by atoms with van der Waals surface area (Å²) < 4.78 is 24.6. The van der Waals surface area contributed by atoms with Crippen LogP contribution in [0.1, 0.15) is 5.56 Å². The molecule has 0 N–H and O–H groups in total. The topological polar surface area (TPSA) is 34.1 Å². The predicted molar refractivity (Wildman–Crippen MR) is 68.1 cm³/mol. The third-order valence-electron chi connectivity index (χ3n) is 2.05. The first-order valence-corrected chi connectivity index (χ1v) is 8.03. The Morgan fingerprint density at radius 3 is 2.80 bits per heavy atom. The highest BCUT2D eigenvalue weighted by Gasteiger charge is 2.11. The molecule has 0 amide bonds. The van der Waals surface area contributed by atoms with Gasteiger partial charge in [0.2, 0.25) is 0 Å². The van der Waals surface area contributed by atoms with E-state index in [9.17, 15) is 8.42 Å². The molecular formula is C10H9BrO2S2. The van der Waals surface area contributed by atoms with Crippen LogP contribution in [-0.4, -0.2) is 14.7 Å². The van der Waals surface area contributed by atoms with E-state index in [1.165, 1.54) is 6.26 Å². The van der Waals surface area contributed by atoms with Gasteiger partial charge in [0.05, 0.1) is 5.75 Å². The summed E-state index contributed by atoms with van der Waals surface area (Å²) in [5.41, 5.74) is 0.888. The normalized spacial score (nSPS) is 12.1. The minimum Gasteiger partial charge on any atom is -0.229 e. The molecule has 0 saturated heterocycles. The summed E-state index contributed by atoms with van der Waals surface area (Å²) in [5.74, 6) is 0.115. The molecule has 0 radical (unpaired) electrons. The molecule has 1 aromatic carbocycles. The quantitative estimate of drug-likeness (QED) is 0.854. The first-order valence-electron chi connectivity index (χ1n) is 4.30.